The van der Waals surface area contributed by atoms with E-state index >= 15 is 0 Å². The van der Waals surface area contributed by atoms with E-state index in [0.29, 0.717) is 44.8 Å². The third kappa shape index (κ3) is 4.43. The van der Waals surface area contributed by atoms with Crippen LogP contribution in [0.15, 0.2) is 18.2 Å². The van der Waals surface area contributed by atoms with E-state index in [4.69, 9.17) is 9.47 Å². The van der Waals surface area contributed by atoms with Crippen molar-refractivity contribution in [3.8, 4) is 0 Å². The topological polar surface area (TPSA) is 50.8 Å². The molecule has 2 saturated heterocycles. The number of benzene rings is 1. The average Bonchev–Trinajstić information content (AvgIpc) is 3.14. The van der Waals surface area contributed by atoms with Crippen LogP contribution in [0.1, 0.15) is 29.9 Å². The standard InChI is InChI=1S/C20H27F3N2O3/c1-27-12-14-10-24-11-17(14)16-4-3-15(20(21,22)23)9-18(16)25-7-5-13(6-8-25)19(26)28-2/h3-4,9,13-14,17,24H,5-8,10-12H2,1-2H3/t14-,17+/m0/s1. The number of hydrogen-bond donors (Lipinski definition) is 1. The fourth-order valence-electron chi connectivity index (χ4n) is 4.32. The lowest BCUT2D eigenvalue weighted by atomic mass is 9.86. The minimum absolute atomic E-state index is 0.0931. The second-order valence-corrected chi connectivity index (χ2v) is 7.54. The number of alkyl halides is 3. The molecule has 2 heterocycles. The van der Waals surface area contributed by atoms with Gasteiger partial charge in [-0.25, -0.2) is 0 Å². The molecule has 0 aromatic heterocycles. The summed E-state index contributed by atoms with van der Waals surface area (Å²) in [5.74, 6) is -0.127. The summed E-state index contributed by atoms with van der Waals surface area (Å²) in [6, 6.07) is 4.04. The van der Waals surface area contributed by atoms with Gasteiger partial charge in [-0.1, -0.05) is 6.07 Å². The number of esters is 1. The van der Waals surface area contributed by atoms with Crippen LogP contribution in [-0.4, -0.2) is 53.0 Å². The van der Waals surface area contributed by atoms with Crippen molar-refractivity contribution in [1.82, 2.24) is 5.32 Å². The third-order valence-electron chi connectivity index (χ3n) is 5.85. The van der Waals surface area contributed by atoms with Gasteiger partial charge in [0.25, 0.3) is 0 Å². The Morgan fingerprint density at radius 3 is 2.54 bits per heavy atom. The van der Waals surface area contributed by atoms with Crippen molar-refractivity contribution in [2.24, 2.45) is 11.8 Å². The Morgan fingerprint density at radius 1 is 1.21 bits per heavy atom. The monoisotopic (exact) mass is 400 g/mol. The van der Waals surface area contributed by atoms with Gasteiger partial charge in [-0.2, -0.15) is 13.2 Å². The molecule has 156 valence electrons. The fourth-order valence-corrected chi connectivity index (χ4v) is 4.32. The van der Waals surface area contributed by atoms with Crippen LogP contribution in [0.4, 0.5) is 18.9 Å². The first-order valence-corrected chi connectivity index (χ1v) is 9.58. The molecule has 3 rings (SSSR count). The van der Waals surface area contributed by atoms with Crippen LogP contribution >= 0.6 is 0 Å². The summed E-state index contributed by atoms with van der Waals surface area (Å²) in [4.78, 5) is 13.8. The zero-order valence-electron chi connectivity index (χ0n) is 16.2. The van der Waals surface area contributed by atoms with E-state index < -0.39 is 11.7 Å². The van der Waals surface area contributed by atoms with E-state index in [-0.39, 0.29) is 23.7 Å². The molecule has 1 aromatic carbocycles. The van der Waals surface area contributed by atoms with E-state index in [1.165, 1.54) is 19.2 Å². The maximum absolute atomic E-state index is 13.3. The maximum atomic E-state index is 13.3. The van der Waals surface area contributed by atoms with E-state index in [1.54, 1.807) is 13.2 Å². The molecule has 0 saturated carbocycles. The van der Waals surface area contributed by atoms with Gasteiger partial charge in [0.1, 0.15) is 0 Å². The first-order chi connectivity index (χ1) is 13.3. The number of piperidine rings is 1. The van der Waals surface area contributed by atoms with Gasteiger partial charge < -0.3 is 19.7 Å². The van der Waals surface area contributed by atoms with Crippen molar-refractivity contribution in [2.75, 3.05) is 51.9 Å². The molecule has 0 bridgehead atoms. The van der Waals surface area contributed by atoms with Crippen LogP contribution in [0, 0.1) is 11.8 Å². The van der Waals surface area contributed by atoms with E-state index in [0.717, 1.165) is 12.1 Å². The number of carbonyl (C=O) groups is 1. The van der Waals surface area contributed by atoms with Crippen LogP contribution in [0.25, 0.3) is 0 Å². The highest BCUT2D eigenvalue weighted by atomic mass is 19.4. The summed E-state index contributed by atoms with van der Waals surface area (Å²) in [5.41, 5.74) is 0.889. The van der Waals surface area contributed by atoms with Gasteiger partial charge in [-0.05, 0) is 30.5 Å². The zero-order chi connectivity index (χ0) is 20.3. The summed E-state index contributed by atoms with van der Waals surface area (Å²) in [6.07, 6.45) is -3.24. The Kier molecular flexibility index (Phi) is 6.50. The molecule has 2 aliphatic heterocycles. The minimum atomic E-state index is -4.39. The first kappa shape index (κ1) is 20.9. The number of halogens is 3. The number of nitrogens with zero attached hydrogens (tertiary/aromatic N) is 1. The lowest BCUT2D eigenvalue weighted by molar-refractivity contribution is -0.146. The predicted molar refractivity (Wildman–Crippen MR) is 99.4 cm³/mol. The molecule has 8 heteroatoms. The summed E-state index contributed by atoms with van der Waals surface area (Å²) in [6.45, 7) is 3.11. The molecule has 28 heavy (non-hydrogen) atoms. The van der Waals surface area contributed by atoms with Crippen LogP contribution in [0.5, 0.6) is 0 Å². The van der Waals surface area contributed by atoms with Crippen molar-refractivity contribution in [2.45, 2.75) is 24.9 Å². The predicted octanol–water partition coefficient (Wildman–Crippen LogP) is 3.04. The Morgan fingerprint density at radius 2 is 1.93 bits per heavy atom. The molecular formula is C20H27F3N2O3. The molecule has 2 fully saturated rings. The number of nitrogens with one attached hydrogen (secondary N) is 1. The van der Waals surface area contributed by atoms with Gasteiger partial charge in [0, 0.05) is 50.8 Å². The molecule has 1 aromatic rings. The molecular weight excluding hydrogens is 373 g/mol. The lowest BCUT2D eigenvalue weighted by Gasteiger charge is -2.35. The fraction of sp³-hybridized carbons (Fsp3) is 0.650. The molecule has 0 aliphatic carbocycles. The summed E-state index contributed by atoms with van der Waals surface area (Å²) >= 11 is 0. The van der Waals surface area contributed by atoms with Gasteiger partial charge in [0.2, 0.25) is 0 Å². The van der Waals surface area contributed by atoms with E-state index in [2.05, 4.69) is 5.32 Å². The smallest absolute Gasteiger partial charge is 0.416 e. The molecule has 2 aliphatic rings. The van der Waals surface area contributed by atoms with Gasteiger partial charge >= 0.3 is 12.1 Å². The number of hydrogen-bond acceptors (Lipinski definition) is 5. The van der Waals surface area contributed by atoms with Crippen LogP contribution in [-0.2, 0) is 20.4 Å². The van der Waals surface area contributed by atoms with Gasteiger partial charge in [-0.3, -0.25) is 4.79 Å². The highest BCUT2D eigenvalue weighted by Gasteiger charge is 2.36. The number of rotatable bonds is 5. The minimum Gasteiger partial charge on any atom is -0.469 e. The first-order valence-electron chi connectivity index (χ1n) is 9.58. The van der Waals surface area contributed by atoms with E-state index in [9.17, 15) is 18.0 Å². The van der Waals surface area contributed by atoms with Gasteiger partial charge in [-0.15, -0.1) is 0 Å². The second-order valence-electron chi connectivity index (χ2n) is 7.54. The van der Waals surface area contributed by atoms with Crippen molar-refractivity contribution in [1.29, 1.82) is 0 Å². The summed E-state index contributed by atoms with van der Waals surface area (Å²) in [7, 11) is 3.00. The summed E-state index contributed by atoms with van der Waals surface area (Å²) < 4.78 is 50.1. The Balaban J connectivity index is 1.90. The van der Waals surface area contributed by atoms with Crippen molar-refractivity contribution in [3.05, 3.63) is 29.3 Å². The zero-order valence-corrected chi connectivity index (χ0v) is 16.2. The molecule has 2 atom stereocenters. The Labute approximate surface area is 163 Å². The number of ether oxygens (including phenoxy) is 2. The molecule has 1 N–H and O–H groups in total. The van der Waals surface area contributed by atoms with Gasteiger partial charge in [0.15, 0.2) is 0 Å². The van der Waals surface area contributed by atoms with Crippen molar-refractivity contribution >= 4 is 11.7 Å². The number of anilines is 1. The SMILES string of the molecule is COC[C@@H]1CNC[C@H]1c1ccc(C(F)(F)F)cc1N1CCC(C(=O)OC)CC1. The van der Waals surface area contributed by atoms with Crippen LogP contribution in [0.2, 0.25) is 0 Å². The van der Waals surface area contributed by atoms with Crippen LogP contribution < -0.4 is 10.2 Å². The molecule has 0 unspecified atom stereocenters. The van der Waals surface area contributed by atoms with Crippen molar-refractivity contribution in [3.63, 3.8) is 0 Å². The third-order valence-corrected chi connectivity index (χ3v) is 5.85. The molecule has 0 spiro atoms. The molecule has 0 amide bonds. The number of methoxy groups -OCH3 is 2. The van der Waals surface area contributed by atoms with Gasteiger partial charge in [0.05, 0.1) is 25.2 Å². The normalized spacial score (nSPS) is 23.8. The summed E-state index contributed by atoms with van der Waals surface area (Å²) in [5, 5.41) is 3.33. The Hall–Kier alpha value is -1.80. The maximum Gasteiger partial charge on any atom is 0.416 e. The number of carbonyl (C=O) groups excluding carboxylic acids is 1. The molecule has 0 radical (unpaired) electrons. The molecule has 5 nitrogen and oxygen atoms in total. The quantitative estimate of drug-likeness (QED) is 0.770. The highest BCUT2D eigenvalue weighted by molar-refractivity contribution is 5.73. The second kappa shape index (κ2) is 8.69. The average molecular weight is 400 g/mol. The largest absolute Gasteiger partial charge is 0.469 e. The Bertz CT molecular complexity index is 688. The lowest BCUT2D eigenvalue weighted by Crippen LogP contribution is -2.37. The highest BCUT2D eigenvalue weighted by Crippen LogP contribution is 2.40. The van der Waals surface area contributed by atoms with Crippen molar-refractivity contribution < 1.29 is 27.4 Å². The van der Waals surface area contributed by atoms with Crippen LogP contribution in [0.3, 0.4) is 0 Å². The van der Waals surface area contributed by atoms with E-state index in [1.807, 2.05) is 4.90 Å².